The topological polar surface area (TPSA) is 0 Å². The standard InChI is InChI=1S/C9H12F2Si/c1-3-12(10,11)9-7-5-4-6-8(9)2/h4-7H,3H2,1-2H3. The van der Waals surface area contributed by atoms with E-state index >= 15 is 0 Å². The van der Waals surface area contributed by atoms with Crippen LogP contribution in [0.2, 0.25) is 6.04 Å². The summed E-state index contributed by atoms with van der Waals surface area (Å²) in [5, 5.41) is 0.285. The van der Waals surface area contributed by atoms with Gasteiger partial charge in [0.1, 0.15) is 0 Å². The molecule has 1 aromatic rings. The Morgan fingerprint density at radius 3 is 2.33 bits per heavy atom. The van der Waals surface area contributed by atoms with Crippen molar-refractivity contribution < 1.29 is 8.22 Å². The highest BCUT2D eigenvalue weighted by Gasteiger charge is 2.36. The molecular weight excluding hydrogens is 174 g/mol. The maximum atomic E-state index is 13.3. The summed E-state index contributed by atoms with van der Waals surface area (Å²) >= 11 is 0. The minimum absolute atomic E-state index is 0.00213. The molecule has 0 saturated carbocycles. The molecule has 0 aliphatic rings. The summed E-state index contributed by atoms with van der Waals surface area (Å²) in [6, 6.07) is 6.76. The van der Waals surface area contributed by atoms with Crippen LogP contribution < -0.4 is 5.19 Å². The molecule has 1 aromatic carbocycles. The summed E-state index contributed by atoms with van der Waals surface area (Å²) < 4.78 is 26.6. The smallest absolute Gasteiger partial charge is 0.265 e. The predicted octanol–water partition coefficient (Wildman–Crippen LogP) is 2.60. The Hall–Kier alpha value is -0.703. The largest absolute Gasteiger partial charge is 0.455 e. The molecule has 0 fully saturated rings. The third-order valence-electron chi connectivity index (χ3n) is 1.98. The zero-order chi connectivity index (χ0) is 9.19. The van der Waals surface area contributed by atoms with Crippen LogP contribution in [0.1, 0.15) is 12.5 Å². The fraction of sp³-hybridized carbons (Fsp3) is 0.333. The van der Waals surface area contributed by atoms with E-state index in [-0.39, 0.29) is 11.2 Å². The average Bonchev–Trinajstić information content (AvgIpc) is 2.05. The van der Waals surface area contributed by atoms with E-state index in [1.807, 2.05) is 0 Å². The predicted molar refractivity (Wildman–Crippen MR) is 49.3 cm³/mol. The van der Waals surface area contributed by atoms with Gasteiger partial charge in [0.25, 0.3) is 0 Å². The molecule has 0 amide bonds. The lowest BCUT2D eigenvalue weighted by Gasteiger charge is -2.12. The van der Waals surface area contributed by atoms with E-state index in [1.54, 1.807) is 38.1 Å². The van der Waals surface area contributed by atoms with Gasteiger partial charge in [-0.15, -0.1) is 0 Å². The maximum Gasteiger partial charge on any atom is 0.455 e. The summed E-state index contributed by atoms with van der Waals surface area (Å²) in [4.78, 5) is 0. The first-order valence-electron chi connectivity index (χ1n) is 4.02. The molecule has 0 heterocycles. The van der Waals surface area contributed by atoms with Crippen LogP contribution in [0.4, 0.5) is 8.22 Å². The number of hydrogen-bond acceptors (Lipinski definition) is 0. The van der Waals surface area contributed by atoms with Crippen LogP contribution in [0.25, 0.3) is 0 Å². The highest BCUT2D eigenvalue weighted by molar-refractivity contribution is 6.80. The molecular formula is C9H12F2Si. The van der Waals surface area contributed by atoms with Crippen molar-refractivity contribution in [3.05, 3.63) is 29.8 Å². The van der Waals surface area contributed by atoms with Crippen molar-refractivity contribution in [2.75, 3.05) is 0 Å². The summed E-state index contributed by atoms with van der Waals surface area (Å²) in [6.45, 7) is 3.30. The maximum absolute atomic E-state index is 13.3. The molecule has 0 aliphatic carbocycles. The van der Waals surface area contributed by atoms with Crippen LogP contribution >= 0.6 is 0 Å². The van der Waals surface area contributed by atoms with Crippen molar-refractivity contribution in [3.8, 4) is 0 Å². The number of hydrogen-bond donors (Lipinski definition) is 0. The second-order valence-electron chi connectivity index (χ2n) is 2.87. The molecule has 0 aromatic heterocycles. The number of aryl methyl sites for hydroxylation is 1. The highest BCUT2D eigenvalue weighted by Crippen LogP contribution is 2.14. The van der Waals surface area contributed by atoms with Crippen LogP contribution in [-0.2, 0) is 0 Å². The van der Waals surface area contributed by atoms with Gasteiger partial charge in [-0.25, -0.2) is 0 Å². The third kappa shape index (κ3) is 1.72. The van der Waals surface area contributed by atoms with Crippen molar-refractivity contribution in [2.24, 2.45) is 0 Å². The van der Waals surface area contributed by atoms with Crippen LogP contribution in [0.5, 0.6) is 0 Å². The second-order valence-corrected chi connectivity index (χ2v) is 5.53. The van der Waals surface area contributed by atoms with E-state index < -0.39 is 8.74 Å². The van der Waals surface area contributed by atoms with Crippen LogP contribution in [0, 0.1) is 6.92 Å². The van der Waals surface area contributed by atoms with Gasteiger partial charge in [-0.1, -0.05) is 31.2 Å². The Balaban J connectivity index is 3.10. The molecule has 1 rings (SSSR count). The molecule has 0 saturated heterocycles. The lowest BCUT2D eigenvalue weighted by atomic mass is 10.2. The lowest BCUT2D eigenvalue weighted by Crippen LogP contribution is -2.39. The zero-order valence-electron chi connectivity index (χ0n) is 7.27. The molecule has 0 atom stereocenters. The van der Waals surface area contributed by atoms with E-state index in [1.165, 1.54) is 0 Å². The van der Waals surface area contributed by atoms with E-state index in [9.17, 15) is 8.22 Å². The zero-order valence-corrected chi connectivity index (χ0v) is 8.27. The van der Waals surface area contributed by atoms with Crippen LogP contribution in [-0.4, -0.2) is 8.74 Å². The van der Waals surface area contributed by atoms with Gasteiger partial charge in [0.15, 0.2) is 0 Å². The van der Waals surface area contributed by atoms with Gasteiger partial charge in [-0.2, -0.15) is 0 Å². The van der Waals surface area contributed by atoms with E-state index in [2.05, 4.69) is 0 Å². The molecule has 0 N–H and O–H groups in total. The Morgan fingerprint density at radius 1 is 1.25 bits per heavy atom. The van der Waals surface area contributed by atoms with Crippen molar-refractivity contribution in [1.82, 2.24) is 0 Å². The van der Waals surface area contributed by atoms with Gasteiger partial charge < -0.3 is 0 Å². The molecule has 0 nitrogen and oxygen atoms in total. The lowest BCUT2D eigenvalue weighted by molar-refractivity contribution is 0.625. The van der Waals surface area contributed by atoms with Crippen molar-refractivity contribution in [1.29, 1.82) is 0 Å². The molecule has 0 aliphatic heterocycles. The fourth-order valence-corrected chi connectivity index (χ4v) is 2.55. The first-order valence-corrected chi connectivity index (χ1v) is 5.98. The second kappa shape index (κ2) is 3.35. The molecule has 3 heteroatoms. The number of halogens is 2. The summed E-state index contributed by atoms with van der Waals surface area (Å²) in [6.07, 6.45) is 0. The van der Waals surface area contributed by atoms with Gasteiger partial charge in [0.2, 0.25) is 0 Å². The summed E-state index contributed by atoms with van der Waals surface area (Å²) in [5.41, 5.74) is 0.719. The molecule has 0 bridgehead atoms. The third-order valence-corrected chi connectivity index (χ3v) is 4.22. The Bertz CT molecular complexity index is 271. The minimum Gasteiger partial charge on any atom is -0.265 e. The molecule has 0 unspecified atom stereocenters. The van der Waals surface area contributed by atoms with Gasteiger partial charge in [0.05, 0.1) is 0 Å². The Kier molecular flexibility index (Phi) is 2.62. The molecule has 66 valence electrons. The highest BCUT2D eigenvalue weighted by atomic mass is 28.4. The van der Waals surface area contributed by atoms with E-state index in [4.69, 9.17) is 0 Å². The van der Waals surface area contributed by atoms with Gasteiger partial charge in [-0.3, -0.25) is 8.22 Å². The number of rotatable bonds is 2. The van der Waals surface area contributed by atoms with Gasteiger partial charge in [0, 0.05) is 5.19 Å². The Labute approximate surface area is 72.6 Å². The first kappa shape index (κ1) is 9.39. The monoisotopic (exact) mass is 186 g/mol. The SMILES string of the molecule is CC[Si](F)(F)c1ccccc1C. The average molecular weight is 186 g/mol. The van der Waals surface area contributed by atoms with Crippen molar-refractivity contribution >= 4 is 13.9 Å². The van der Waals surface area contributed by atoms with E-state index in [0.717, 1.165) is 5.56 Å². The van der Waals surface area contributed by atoms with Crippen LogP contribution in [0.15, 0.2) is 24.3 Å². The molecule has 0 radical (unpaired) electrons. The normalized spacial score (nSPS) is 11.7. The van der Waals surface area contributed by atoms with Crippen molar-refractivity contribution in [2.45, 2.75) is 19.9 Å². The first-order chi connectivity index (χ1) is 5.58. The summed E-state index contributed by atoms with van der Waals surface area (Å²) in [7, 11) is -4.10. The number of benzene rings is 1. The van der Waals surface area contributed by atoms with Gasteiger partial charge >= 0.3 is 8.74 Å². The van der Waals surface area contributed by atoms with Gasteiger partial charge in [-0.05, 0) is 18.5 Å². The molecule has 0 spiro atoms. The minimum atomic E-state index is -4.10. The quantitative estimate of drug-likeness (QED) is 0.492. The fourth-order valence-electron chi connectivity index (χ4n) is 1.17. The Morgan fingerprint density at radius 2 is 1.83 bits per heavy atom. The van der Waals surface area contributed by atoms with Crippen molar-refractivity contribution in [3.63, 3.8) is 0 Å². The van der Waals surface area contributed by atoms with Crippen LogP contribution in [0.3, 0.4) is 0 Å². The summed E-state index contributed by atoms with van der Waals surface area (Å²) in [5.74, 6) is 0. The molecule has 12 heavy (non-hydrogen) atoms. The van der Waals surface area contributed by atoms with E-state index in [0.29, 0.717) is 0 Å².